The SMILES string of the molecule is Cc1c(-c2noc(-c3ccccc3)n2)nnn1-c1ccc(F)cc1. The lowest BCUT2D eigenvalue weighted by Crippen LogP contribution is -1.99. The molecule has 0 amide bonds. The van der Waals surface area contributed by atoms with Gasteiger partial charge in [0.2, 0.25) is 5.82 Å². The van der Waals surface area contributed by atoms with Gasteiger partial charge in [-0.25, -0.2) is 9.07 Å². The van der Waals surface area contributed by atoms with Crippen LogP contribution in [0.5, 0.6) is 0 Å². The Bertz CT molecular complexity index is 976. The van der Waals surface area contributed by atoms with Crippen molar-refractivity contribution in [1.82, 2.24) is 25.1 Å². The molecule has 0 aliphatic carbocycles. The molecule has 0 unspecified atom stereocenters. The third kappa shape index (κ3) is 2.45. The lowest BCUT2D eigenvalue weighted by molar-refractivity contribution is 0.432. The van der Waals surface area contributed by atoms with E-state index in [0.29, 0.717) is 23.1 Å². The van der Waals surface area contributed by atoms with Gasteiger partial charge in [0, 0.05) is 5.56 Å². The first-order chi connectivity index (χ1) is 11.7. The van der Waals surface area contributed by atoms with Gasteiger partial charge < -0.3 is 4.52 Å². The molecule has 118 valence electrons. The third-order valence-corrected chi connectivity index (χ3v) is 3.62. The average molecular weight is 321 g/mol. The van der Waals surface area contributed by atoms with Crippen LogP contribution in [0.4, 0.5) is 4.39 Å². The van der Waals surface area contributed by atoms with E-state index in [9.17, 15) is 4.39 Å². The molecule has 24 heavy (non-hydrogen) atoms. The molecule has 2 aromatic heterocycles. The summed E-state index contributed by atoms with van der Waals surface area (Å²) in [7, 11) is 0. The van der Waals surface area contributed by atoms with Gasteiger partial charge in [-0.1, -0.05) is 28.6 Å². The summed E-state index contributed by atoms with van der Waals surface area (Å²) in [6, 6.07) is 15.5. The van der Waals surface area contributed by atoms with Crippen molar-refractivity contribution in [1.29, 1.82) is 0 Å². The van der Waals surface area contributed by atoms with E-state index in [0.717, 1.165) is 11.3 Å². The summed E-state index contributed by atoms with van der Waals surface area (Å²) in [6.07, 6.45) is 0. The van der Waals surface area contributed by atoms with Crippen LogP contribution < -0.4 is 0 Å². The molecule has 2 aromatic carbocycles. The van der Waals surface area contributed by atoms with Crippen molar-refractivity contribution in [3.63, 3.8) is 0 Å². The first kappa shape index (κ1) is 14.3. The predicted octanol–water partition coefficient (Wildman–Crippen LogP) is 3.43. The number of benzene rings is 2. The Morgan fingerprint density at radius 3 is 2.50 bits per heavy atom. The van der Waals surface area contributed by atoms with Gasteiger partial charge in [0.1, 0.15) is 5.82 Å². The minimum absolute atomic E-state index is 0.303. The first-order valence-corrected chi connectivity index (χ1v) is 7.30. The zero-order chi connectivity index (χ0) is 16.5. The molecule has 0 N–H and O–H groups in total. The number of aromatic nitrogens is 5. The molecule has 0 saturated heterocycles. The molecule has 0 spiro atoms. The second-order valence-corrected chi connectivity index (χ2v) is 5.20. The van der Waals surface area contributed by atoms with E-state index in [1.807, 2.05) is 37.3 Å². The van der Waals surface area contributed by atoms with Crippen molar-refractivity contribution < 1.29 is 8.91 Å². The van der Waals surface area contributed by atoms with Crippen LogP contribution >= 0.6 is 0 Å². The van der Waals surface area contributed by atoms with Crippen LogP contribution in [0.25, 0.3) is 28.7 Å². The van der Waals surface area contributed by atoms with Crippen molar-refractivity contribution in [2.24, 2.45) is 0 Å². The fourth-order valence-electron chi connectivity index (χ4n) is 2.38. The molecule has 0 bridgehead atoms. The fourth-order valence-corrected chi connectivity index (χ4v) is 2.38. The zero-order valence-corrected chi connectivity index (χ0v) is 12.7. The van der Waals surface area contributed by atoms with Crippen LogP contribution in [0.1, 0.15) is 5.69 Å². The summed E-state index contributed by atoms with van der Waals surface area (Å²) < 4.78 is 20.0. The molecular formula is C17H12FN5O. The lowest BCUT2D eigenvalue weighted by atomic mass is 10.2. The van der Waals surface area contributed by atoms with Crippen molar-refractivity contribution in [2.45, 2.75) is 6.92 Å². The quantitative estimate of drug-likeness (QED) is 0.578. The minimum Gasteiger partial charge on any atom is -0.334 e. The van der Waals surface area contributed by atoms with Gasteiger partial charge in [-0.3, -0.25) is 0 Å². The van der Waals surface area contributed by atoms with Crippen molar-refractivity contribution in [3.8, 4) is 28.7 Å². The predicted molar refractivity (Wildman–Crippen MR) is 84.8 cm³/mol. The van der Waals surface area contributed by atoms with Gasteiger partial charge in [0.05, 0.1) is 11.4 Å². The summed E-state index contributed by atoms with van der Waals surface area (Å²) in [4.78, 5) is 4.38. The molecule has 0 atom stereocenters. The molecule has 2 heterocycles. The highest BCUT2D eigenvalue weighted by atomic mass is 19.1. The van der Waals surface area contributed by atoms with Crippen LogP contribution in [0.15, 0.2) is 59.1 Å². The standard InChI is InChI=1S/C17H12FN5O/c1-11-15(20-22-23(11)14-9-7-13(18)8-10-14)16-19-17(24-21-16)12-5-3-2-4-6-12/h2-10H,1H3. The van der Waals surface area contributed by atoms with E-state index < -0.39 is 0 Å². The Balaban J connectivity index is 1.71. The van der Waals surface area contributed by atoms with Gasteiger partial charge in [0.25, 0.3) is 5.89 Å². The molecule has 4 rings (SSSR count). The molecule has 7 heteroatoms. The summed E-state index contributed by atoms with van der Waals surface area (Å²) >= 11 is 0. The fraction of sp³-hybridized carbons (Fsp3) is 0.0588. The van der Waals surface area contributed by atoms with Gasteiger partial charge in [-0.2, -0.15) is 4.98 Å². The Morgan fingerprint density at radius 1 is 1.00 bits per heavy atom. The summed E-state index contributed by atoms with van der Waals surface area (Å²) in [6.45, 7) is 1.84. The first-order valence-electron chi connectivity index (χ1n) is 7.30. The number of nitrogens with zero attached hydrogens (tertiary/aromatic N) is 5. The third-order valence-electron chi connectivity index (χ3n) is 3.62. The Morgan fingerprint density at radius 2 is 1.75 bits per heavy atom. The summed E-state index contributed by atoms with van der Waals surface area (Å²) in [5, 5.41) is 12.2. The topological polar surface area (TPSA) is 69.6 Å². The Labute approximate surface area is 136 Å². The van der Waals surface area contributed by atoms with Crippen LogP contribution in [0.2, 0.25) is 0 Å². The molecule has 0 saturated carbocycles. The molecule has 4 aromatic rings. The highest BCUT2D eigenvalue weighted by molar-refractivity contribution is 5.58. The van der Waals surface area contributed by atoms with E-state index in [-0.39, 0.29) is 5.82 Å². The van der Waals surface area contributed by atoms with Crippen LogP contribution in [-0.2, 0) is 0 Å². The number of rotatable bonds is 3. The monoisotopic (exact) mass is 321 g/mol. The maximum Gasteiger partial charge on any atom is 0.258 e. The highest BCUT2D eigenvalue weighted by Crippen LogP contribution is 2.23. The van der Waals surface area contributed by atoms with Gasteiger partial charge in [0.15, 0.2) is 5.69 Å². The van der Waals surface area contributed by atoms with Crippen LogP contribution in [0.3, 0.4) is 0 Å². The van der Waals surface area contributed by atoms with Crippen LogP contribution in [0, 0.1) is 12.7 Å². The average Bonchev–Trinajstić information content (AvgIpc) is 3.23. The summed E-state index contributed by atoms with van der Waals surface area (Å²) in [5.41, 5.74) is 2.80. The number of hydrogen-bond donors (Lipinski definition) is 0. The smallest absolute Gasteiger partial charge is 0.258 e. The number of hydrogen-bond acceptors (Lipinski definition) is 5. The normalized spacial score (nSPS) is 10.9. The van der Waals surface area contributed by atoms with Gasteiger partial charge in [-0.05, 0) is 43.3 Å². The maximum atomic E-state index is 13.1. The Hall–Kier alpha value is -3.35. The minimum atomic E-state index is -0.303. The second-order valence-electron chi connectivity index (χ2n) is 5.20. The molecule has 0 radical (unpaired) electrons. The van der Waals surface area contributed by atoms with E-state index in [1.54, 1.807) is 16.8 Å². The highest BCUT2D eigenvalue weighted by Gasteiger charge is 2.18. The van der Waals surface area contributed by atoms with E-state index in [1.165, 1.54) is 12.1 Å². The van der Waals surface area contributed by atoms with E-state index in [4.69, 9.17) is 4.52 Å². The molecule has 6 nitrogen and oxygen atoms in total. The molecule has 0 aliphatic heterocycles. The zero-order valence-electron chi connectivity index (χ0n) is 12.7. The summed E-state index contributed by atoms with van der Waals surface area (Å²) in [5.74, 6) is 0.475. The maximum absolute atomic E-state index is 13.1. The second kappa shape index (κ2) is 5.69. The van der Waals surface area contributed by atoms with Crippen molar-refractivity contribution >= 4 is 0 Å². The molecule has 0 fully saturated rings. The van der Waals surface area contributed by atoms with E-state index in [2.05, 4.69) is 20.5 Å². The molecule has 0 aliphatic rings. The van der Waals surface area contributed by atoms with Crippen LogP contribution in [-0.4, -0.2) is 25.1 Å². The van der Waals surface area contributed by atoms with Crippen molar-refractivity contribution in [2.75, 3.05) is 0 Å². The van der Waals surface area contributed by atoms with Crippen molar-refractivity contribution in [3.05, 3.63) is 66.1 Å². The lowest BCUT2D eigenvalue weighted by Gasteiger charge is -2.02. The molecular weight excluding hydrogens is 309 g/mol. The van der Waals surface area contributed by atoms with Gasteiger partial charge >= 0.3 is 0 Å². The number of halogens is 1. The van der Waals surface area contributed by atoms with E-state index >= 15 is 0 Å². The van der Waals surface area contributed by atoms with Gasteiger partial charge in [-0.15, -0.1) is 5.10 Å². The Kier molecular flexibility index (Phi) is 3.38. The largest absolute Gasteiger partial charge is 0.334 e.